The van der Waals surface area contributed by atoms with Crippen LogP contribution in [0.5, 0.6) is 0 Å². The second-order valence-corrected chi connectivity index (χ2v) is 8.27. The standard InChI is InChI=1S/C17H16ClN3O6S/c18-15-5-4-13(11-16(15)21(23)24)19-17(22)12-2-1-3-14(10-12)28(25,26)20-6-8-27-9-7-20/h1-5,10-11H,6-9H2,(H,19,22). The van der Waals surface area contributed by atoms with E-state index in [1.54, 1.807) is 0 Å². The lowest BCUT2D eigenvalue weighted by atomic mass is 10.2. The molecule has 148 valence electrons. The fraction of sp³-hybridized carbons (Fsp3) is 0.235. The first-order valence-corrected chi connectivity index (χ1v) is 10.0. The van der Waals surface area contributed by atoms with E-state index >= 15 is 0 Å². The maximum Gasteiger partial charge on any atom is 0.289 e. The third-order valence-corrected chi connectivity index (χ3v) is 6.32. The summed E-state index contributed by atoms with van der Waals surface area (Å²) in [6.45, 7) is 1.11. The first-order chi connectivity index (χ1) is 13.3. The molecule has 0 spiro atoms. The van der Waals surface area contributed by atoms with Crippen LogP contribution in [0.1, 0.15) is 10.4 Å². The van der Waals surface area contributed by atoms with E-state index in [4.69, 9.17) is 16.3 Å². The molecule has 0 atom stereocenters. The summed E-state index contributed by atoms with van der Waals surface area (Å²) in [6.07, 6.45) is 0. The van der Waals surface area contributed by atoms with Crippen LogP contribution in [0.3, 0.4) is 0 Å². The molecule has 1 aliphatic rings. The Morgan fingerprint density at radius 2 is 1.89 bits per heavy atom. The lowest BCUT2D eigenvalue weighted by molar-refractivity contribution is -0.384. The minimum atomic E-state index is -3.75. The lowest BCUT2D eigenvalue weighted by Gasteiger charge is -2.26. The molecule has 0 aliphatic carbocycles. The van der Waals surface area contributed by atoms with Gasteiger partial charge in [0.1, 0.15) is 5.02 Å². The molecule has 3 rings (SSSR count). The molecule has 0 unspecified atom stereocenters. The Hall–Kier alpha value is -2.53. The molecule has 0 bridgehead atoms. The van der Waals surface area contributed by atoms with Crippen LogP contribution in [-0.4, -0.2) is 49.9 Å². The molecule has 1 saturated heterocycles. The Morgan fingerprint density at radius 3 is 2.57 bits per heavy atom. The number of nitro groups is 1. The van der Waals surface area contributed by atoms with Crippen LogP contribution in [-0.2, 0) is 14.8 Å². The fourth-order valence-corrected chi connectivity index (χ4v) is 4.31. The van der Waals surface area contributed by atoms with Crippen LogP contribution in [0, 0.1) is 10.1 Å². The van der Waals surface area contributed by atoms with Crippen molar-refractivity contribution in [2.45, 2.75) is 4.90 Å². The van der Waals surface area contributed by atoms with Crippen molar-refractivity contribution >= 4 is 38.9 Å². The van der Waals surface area contributed by atoms with E-state index in [0.717, 1.165) is 6.07 Å². The summed E-state index contributed by atoms with van der Waals surface area (Å²) < 4.78 is 31.9. The van der Waals surface area contributed by atoms with Crippen LogP contribution in [0.2, 0.25) is 5.02 Å². The summed E-state index contributed by atoms with van der Waals surface area (Å²) in [5.41, 5.74) is -0.0717. The quantitative estimate of drug-likeness (QED) is 0.580. The van der Waals surface area contributed by atoms with Crippen LogP contribution >= 0.6 is 11.6 Å². The Morgan fingerprint density at radius 1 is 1.18 bits per heavy atom. The topological polar surface area (TPSA) is 119 Å². The normalized spacial score (nSPS) is 15.2. The highest BCUT2D eigenvalue weighted by molar-refractivity contribution is 7.89. The summed E-state index contributed by atoms with van der Waals surface area (Å²) in [4.78, 5) is 22.8. The number of hydrogen-bond donors (Lipinski definition) is 1. The summed E-state index contributed by atoms with van der Waals surface area (Å²) in [5, 5.41) is 13.4. The molecule has 1 fully saturated rings. The van der Waals surface area contributed by atoms with E-state index in [9.17, 15) is 23.3 Å². The van der Waals surface area contributed by atoms with Crippen molar-refractivity contribution in [1.29, 1.82) is 0 Å². The van der Waals surface area contributed by atoms with Crippen LogP contribution in [0.4, 0.5) is 11.4 Å². The molecular weight excluding hydrogens is 410 g/mol. The number of ether oxygens (including phenoxy) is 1. The average molecular weight is 426 g/mol. The maximum absolute atomic E-state index is 12.7. The number of nitrogens with zero attached hydrogens (tertiary/aromatic N) is 2. The molecule has 1 heterocycles. The molecule has 28 heavy (non-hydrogen) atoms. The van der Waals surface area contributed by atoms with E-state index in [1.165, 1.54) is 40.7 Å². The number of sulfonamides is 1. The lowest BCUT2D eigenvalue weighted by Crippen LogP contribution is -2.40. The number of anilines is 1. The summed E-state index contributed by atoms with van der Waals surface area (Å²) >= 11 is 5.75. The number of nitrogens with one attached hydrogen (secondary N) is 1. The fourth-order valence-electron chi connectivity index (χ4n) is 2.67. The van der Waals surface area contributed by atoms with E-state index in [0.29, 0.717) is 13.2 Å². The smallest absolute Gasteiger partial charge is 0.289 e. The van der Waals surface area contributed by atoms with Gasteiger partial charge in [0.25, 0.3) is 11.6 Å². The maximum atomic E-state index is 12.7. The van der Waals surface area contributed by atoms with Gasteiger partial charge in [0.2, 0.25) is 10.0 Å². The molecule has 2 aromatic rings. The van der Waals surface area contributed by atoms with E-state index in [2.05, 4.69) is 5.32 Å². The number of benzene rings is 2. The zero-order valence-electron chi connectivity index (χ0n) is 14.5. The molecule has 2 aromatic carbocycles. The minimum Gasteiger partial charge on any atom is -0.379 e. The zero-order valence-corrected chi connectivity index (χ0v) is 16.1. The van der Waals surface area contributed by atoms with Gasteiger partial charge >= 0.3 is 0 Å². The second-order valence-electron chi connectivity index (χ2n) is 5.92. The van der Waals surface area contributed by atoms with Gasteiger partial charge in [-0.25, -0.2) is 8.42 Å². The SMILES string of the molecule is O=C(Nc1ccc(Cl)c([N+](=O)[O-])c1)c1cccc(S(=O)(=O)N2CCOCC2)c1. The number of nitro benzene ring substituents is 1. The predicted octanol–water partition coefficient (Wildman–Crippen LogP) is 2.52. The van der Waals surface area contributed by atoms with Crippen molar-refractivity contribution < 1.29 is 22.9 Å². The van der Waals surface area contributed by atoms with Crippen molar-refractivity contribution in [2.24, 2.45) is 0 Å². The van der Waals surface area contributed by atoms with E-state index in [-0.39, 0.29) is 39.9 Å². The third-order valence-electron chi connectivity index (χ3n) is 4.10. The number of halogens is 1. The van der Waals surface area contributed by atoms with Gasteiger partial charge in [-0.2, -0.15) is 4.31 Å². The first-order valence-electron chi connectivity index (χ1n) is 8.22. The third kappa shape index (κ3) is 4.30. The van der Waals surface area contributed by atoms with Gasteiger partial charge < -0.3 is 10.1 Å². The molecule has 11 heteroatoms. The van der Waals surface area contributed by atoms with Gasteiger partial charge in [-0.15, -0.1) is 0 Å². The Bertz CT molecular complexity index is 1020. The molecule has 9 nitrogen and oxygen atoms in total. The van der Waals surface area contributed by atoms with Gasteiger partial charge in [-0.1, -0.05) is 17.7 Å². The number of hydrogen-bond acceptors (Lipinski definition) is 6. The monoisotopic (exact) mass is 425 g/mol. The molecule has 0 aromatic heterocycles. The molecule has 0 radical (unpaired) electrons. The summed E-state index contributed by atoms with van der Waals surface area (Å²) in [7, 11) is -3.75. The van der Waals surface area contributed by atoms with Crippen LogP contribution in [0.25, 0.3) is 0 Å². The molecule has 0 saturated carbocycles. The van der Waals surface area contributed by atoms with Gasteiger partial charge in [0.05, 0.1) is 23.0 Å². The predicted molar refractivity (Wildman–Crippen MR) is 102 cm³/mol. The largest absolute Gasteiger partial charge is 0.379 e. The highest BCUT2D eigenvalue weighted by atomic mass is 35.5. The number of morpholine rings is 1. The Kier molecular flexibility index (Phi) is 5.94. The number of amides is 1. The highest BCUT2D eigenvalue weighted by Gasteiger charge is 2.27. The van der Waals surface area contributed by atoms with Gasteiger partial charge in [0, 0.05) is 30.4 Å². The second kappa shape index (κ2) is 8.23. The van der Waals surface area contributed by atoms with Crippen molar-refractivity contribution in [1.82, 2.24) is 4.31 Å². The van der Waals surface area contributed by atoms with Crippen LogP contribution < -0.4 is 5.32 Å². The molecule has 1 aliphatic heterocycles. The Labute approximate surface area is 166 Å². The number of carbonyl (C=O) groups excluding carboxylic acids is 1. The Balaban J connectivity index is 1.83. The van der Waals surface area contributed by atoms with Gasteiger partial charge in [0.15, 0.2) is 0 Å². The van der Waals surface area contributed by atoms with Crippen LogP contribution in [0.15, 0.2) is 47.4 Å². The zero-order chi connectivity index (χ0) is 20.3. The summed E-state index contributed by atoms with van der Waals surface area (Å²) in [6, 6.07) is 9.45. The van der Waals surface area contributed by atoms with Gasteiger partial charge in [-0.05, 0) is 30.3 Å². The van der Waals surface area contributed by atoms with E-state index < -0.39 is 20.9 Å². The van der Waals surface area contributed by atoms with Crippen molar-refractivity contribution in [3.05, 3.63) is 63.2 Å². The molecule has 1 N–H and O–H groups in total. The average Bonchev–Trinajstić information content (AvgIpc) is 2.70. The minimum absolute atomic E-state index is 0.0101. The van der Waals surface area contributed by atoms with Crippen molar-refractivity contribution in [3.63, 3.8) is 0 Å². The number of rotatable bonds is 5. The van der Waals surface area contributed by atoms with E-state index in [1.807, 2.05) is 0 Å². The molecule has 1 amide bonds. The highest BCUT2D eigenvalue weighted by Crippen LogP contribution is 2.27. The van der Waals surface area contributed by atoms with Gasteiger partial charge in [-0.3, -0.25) is 14.9 Å². The molecular formula is C17H16ClN3O6S. The summed E-state index contributed by atoms with van der Waals surface area (Å²) in [5.74, 6) is -0.601. The first kappa shape index (κ1) is 20.2. The van der Waals surface area contributed by atoms with Crippen molar-refractivity contribution in [3.8, 4) is 0 Å². The number of carbonyl (C=O) groups is 1. The van der Waals surface area contributed by atoms with Crippen molar-refractivity contribution in [2.75, 3.05) is 31.6 Å².